The highest BCUT2D eigenvalue weighted by Gasteiger charge is 2.16. The maximum atomic E-state index is 11.2. The van der Waals surface area contributed by atoms with Crippen molar-refractivity contribution < 1.29 is 9.59 Å². The molecule has 0 saturated heterocycles. The van der Waals surface area contributed by atoms with Crippen molar-refractivity contribution in [1.82, 2.24) is 0 Å². The van der Waals surface area contributed by atoms with Crippen LogP contribution in [0.15, 0.2) is 30.3 Å². The first-order valence-corrected chi connectivity index (χ1v) is 7.84. The van der Waals surface area contributed by atoms with Crippen molar-refractivity contribution in [3.63, 3.8) is 0 Å². The van der Waals surface area contributed by atoms with E-state index >= 15 is 0 Å². The molecule has 2 nitrogen and oxygen atoms in total. The van der Waals surface area contributed by atoms with Gasteiger partial charge >= 0.3 is 0 Å². The van der Waals surface area contributed by atoms with Gasteiger partial charge in [-0.05, 0) is 37.2 Å². The van der Waals surface area contributed by atoms with E-state index in [-0.39, 0.29) is 0 Å². The Labute approximate surface area is 130 Å². The molecule has 0 unspecified atom stereocenters. The molecule has 0 radical (unpaired) electrons. The highest BCUT2D eigenvalue weighted by molar-refractivity contribution is 5.78. The van der Waals surface area contributed by atoms with Crippen molar-refractivity contribution in [2.45, 2.75) is 53.9 Å². The quantitative estimate of drug-likeness (QED) is 0.681. The number of ketones is 1. The molecule has 0 saturated carbocycles. The molecule has 0 bridgehead atoms. The maximum Gasteiger partial charge on any atom is 0.132 e. The van der Waals surface area contributed by atoms with Crippen LogP contribution in [-0.4, -0.2) is 12.1 Å². The Morgan fingerprint density at radius 1 is 1.00 bits per heavy atom. The van der Waals surface area contributed by atoms with Gasteiger partial charge in [-0.3, -0.25) is 4.79 Å². The van der Waals surface area contributed by atoms with Gasteiger partial charge in [-0.25, -0.2) is 0 Å². The molecule has 21 heavy (non-hydrogen) atoms. The number of hydrogen-bond donors (Lipinski definition) is 0. The fourth-order valence-electron chi connectivity index (χ4n) is 2.28. The average Bonchev–Trinajstić information content (AvgIpc) is 2.39. The van der Waals surface area contributed by atoms with Crippen molar-refractivity contribution in [2.24, 2.45) is 17.8 Å². The van der Waals surface area contributed by atoms with Crippen LogP contribution in [0.1, 0.15) is 53.0 Å². The van der Waals surface area contributed by atoms with Gasteiger partial charge in [0.05, 0.1) is 0 Å². The average molecular weight is 290 g/mol. The van der Waals surface area contributed by atoms with E-state index in [4.69, 9.17) is 0 Å². The molecule has 1 rings (SSSR count). The van der Waals surface area contributed by atoms with Gasteiger partial charge in [0.2, 0.25) is 0 Å². The molecular formula is C19H30O2. The van der Waals surface area contributed by atoms with Gasteiger partial charge in [-0.2, -0.15) is 0 Å². The molecule has 1 aromatic carbocycles. The lowest BCUT2D eigenvalue weighted by Gasteiger charge is -2.17. The Balaban J connectivity index is 0.000000394. The lowest BCUT2D eigenvalue weighted by molar-refractivity contribution is -0.121. The SMILES string of the molecule is CC(=O)C(CC(C)C)CC(C)C.O=CCc1ccccc1. The molecule has 0 aliphatic carbocycles. The third-order valence-electron chi connectivity index (χ3n) is 3.25. The number of rotatable bonds is 7. The third kappa shape index (κ3) is 10.9. The zero-order chi connectivity index (χ0) is 16.3. The second kappa shape index (κ2) is 11.2. The molecule has 0 atom stereocenters. The molecule has 0 N–H and O–H groups in total. The van der Waals surface area contributed by atoms with Crippen molar-refractivity contribution in [2.75, 3.05) is 0 Å². The molecule has 0 spiro atoms. The monoisotopic (exact) mass is 290 g/mol. The molecule has 0 aromatic heterocycles. The minimum absolute atomic E-state index is 0.296. The van der Waals surface area contributed by atoms with Crippen molar-refractivity contribution in [1.29, 1.82) is 0 Å². The Morgan fingerprint density at radius 2 is 1.48 bits per heavy atom. The summed E-state index contributed by atoms with van der Waals surface area (Å²) in [6, 6.07) is 9.68. The number of aldehydes is 1. The highest BCUT2D eigenvalue weighted by atomic mass is 16.1. The van der Waals surface area contributed by atoms with E-state index in [1.54, 1.807) is 6.92 Å². The van der Waals surface area contributed by atoms with Crippen LogP contribution >= 0.6 is 0 Å². The lowest BCUT2D eigenvalue weighted by atomic mass is 9.87. The van der Waals surface area contributed by atoms with Gasteiger partial charge < -0.3 is 4.79 Å². The summed E-state index contributed by atoms with van der Waals surface area (Å²) in [6.07, 6.45) is 3.54. The van der Waals surface area contributed by atoms with E-state index in [0.29, 0.717) is 30.0 Å². The van der Waals surface area contributed by atoms with E-state index < -0.39 is 0 Å². The summed E-state index contributed by atoms with van der Waals surface area (Å²) < 4.78 is 0. The van der Waals surface area contributed by atoms with Crippen molar-refractivity contribution in [3.8, 4) is 0 Å². The zero-order valence-corrected chi connectivity index (χ0v) is 14.1. The first-order chi connectivity index (χ1) is 9.86. The zero-order valence-electron chi connectivity index (χ0n) is 14.1. The number of Topliss-reactive ketones (excluding diaryl/α,β-unsaturated/α-hetero) is 1. The second-order valence-electron chi connectivity index (χ2n) is 6.42. The fraction of sp³-hybridized carbons (Fsp3) is 0.579. The summed E-state index contributed by atoms with van der Waals surface area (Å²) in [4.78, 5) is 21.2. The van der Waals surface area contributed by atoms with Crippen LogP contribution in [0.2, 0.25) is 0 Å². The van der Waals surface area contributed by atoms with Gasteiger partial charge in [0.1, 0.15) is 12.1 Å². The predicted molar refractivity (Wildman–Crippen MR) is 89.3 cm³/mol. The van der Waals surface area contributed by atoms with Crippen molar-refractivity contribution >= 4 is 12.1 Å². The molecule has 0 amide bonds. The first-order valence-electron chi connectivity index (χ1n) is 7.84. The van der Waals surface area contributed by atoms with Crippen LogP contribution in [0.25, 0.3) is 0 Å². The molecule has 118 valence electrons. The summed E-state index contributed by atoms with van der Waals surface area (Å²) in [5, 5.41) is 0. The number of hydrogen-bond acceptors (Lipinski definition) is 2. The van der Waals surface area contributed by atoms with E-state index in [9.17, 15) is 9.59 Å². The summed E-state index contributed by atoms with van der Waals surface area (Å²) >= 11 is 0. The highest BCUT2D eigenvalue weighted by Crippen LogP contribution is 2.20. The molecular weight excluding hydrogens is 260 g/mol. The Bertz CT molecular complexity index is 383. The summed E-state index contributed by atoms with van der Waals surface area (Å²) in [5.41, 5.74) is 1.08. The van der Waals surface area contributed by atoms with E-state index in [1.165, 1.54) is 0 Å². The van der Waals surface area contributed by atoms with Crippen LogP contribution in [-0.2, 0) is 16.0 Å². The number of carbonyl (C=O) groups excluding carboxylic acids is 2. The predicted octanol–water partition coefficient (Wildman–Crippen LogP) is 4.71. The minimum atomic E-state index is 0.296. The summed E-state index contributed by atoms with van der Waals surface area (Å²) in [7, 11) is 0. The molecule has 1 aromatic rings. The van der Waals surface area contributed by atoms with Crippen LogP contribution in [0, 0.1) is 17.8 Å². The third-order valence-corrected chi connectivity index (χ3v) is 3.25. The minimum Gasteiger partial charge on any atom is -0.303 e. The number of benzene rings is 1. The van der Waals surface area contributed by atoms with Crippen LogP contribution in [0.5, 0.6) is 0 Å². The van der Waals surface area contributed by atoms with E-state index in [1.807, 2.05) is 30.3 Å². The molecule has 0 fully saturated rings. The molecule has 0 aliphatic rings. The van der Waals surface area contributed by atoms with Crippen LogP contribution in [0.3, 0.4) is 0 Å². The topological polar surface area (TPSA) is 34.1 Å². The van der Waals surface area contributed by atoms with Crippen LogP contribution in [0.4, 0.5) is 0 Å². The molecule has 0 aliphatic heterocycles. The summed E-state index contributed by atoms with van der Waals surface area (Å²) in [5.74, 6) is 1.93. The summed E-state index contributed by atoms with van der Waals surface area (Å²) in [6.45, 7) is 10.4. The largest absolute Gasteiger partial charge is 0.303 e. The van der Waals surface area contributed by atoms with E-state index in [0.717, 1.165) is 24.7 Å². The van der Waals surface area contributed by atoms with Gasteiger partial charge in [-0.15, -0.1) is 0 Å². The molecule has 0 heterocycles. The van der Waals surface area contributed by atoms with Gasteiger partial charge in [-0.1, -0.05) is 58.0 Å². The standard InChI is InChI=1S/C11H22O.C8H8O/c1-8(2)6-11(10(5)12)7-9(3)4;9-7-6-8-4-2-1-3-5-8/h8-9,11H,6-7H2,1-5H3;1-5,7H,6H2. The Hall–Kier alpha value is -1.44. The smallest absolute Gasteiger partial charge is 0.132 e. The van der Waals surface area contributed by atoms with Crippen LogP contribution < -0.4 is 0 Å². The lowest BCUT2D eigenvalue weighted by Crippen LogP contribution is -2.15. The van der Waals surface area contributed by atoms with Crippen molar-refractivity contribution in [3.05, 3.63) is 35.9 Å². The Morgan fingerprint density at radius 3 is 1.81 bits per heavy atom. The molecule has 2 heteroatoms. The first kappa shape index (κ1) is 19.6. The number of carbonyl (C=O) groups is 2. The van der Waals surface area contributed by atoms with E-state index in [2.05, 4.69) is 27.7 Å². The maximum absolute atomic E-state index is 11.2. The fourth-order valence-corrected chi connectivity index (χ4v) is 2.28. The van der Waals surface area contributed by atoms with Gasteiger partial charge in [0, 0.05) is 12.3 Å². The normalized spacial score (nSPS) is 10.5. The van der Waals surface area contributed by atoms with Gasteiger partial charge in [0.25, 0.3) is 0 Å². The second-order valence-corrected chi connectivity index (χ2v) is 6.42. The van der Waals surface area contributed by atoms with Gasteiger partial charge in [0.15, 0.2) is 0 Å². The Kier molecular flexibility index (Phi) is 10.5.